The Balaban J connectivity index is 2.08. The van der Waals surface area contributed by atoms with Gasteiger partial charge in [0.2, 0.25) is 0 Å². The Morgan fingerprint density at radius 1 is 1.27 bits per heavy atom. The molecule has 0 radical (unpaired) electrons. The molecule has 0 aliphatic heterocycles. The summed E-state index contributed by atoms with van der Waals surface area (Å²) in [5.41, 5.74) is 0. The Kier molecular flexibility index (Phi) is 4.63. The van der Waals surface area contributed by atoms with Crippen LogP contribution in [0.15, 0.2) is 0 Å². The van der Waals surface area contributed by atoms with E-state index < -0.39 is 0 Å². The van der Waals surface area contributed by atoms with Crippen LogP contribution in [0, 0.1) is 5.92 Å². The Morgan fingerprint density at radius 3 is 2.45 bits per heavy atom. The van der Waals surface area contributed by atoms with Crippen LogP contribution in [0.2, 0.25) is 0 Å². The molecule has 1 aliphatic rings. The summed E-state index contributed by atoms with van der Waals surface area (Å²) in [6.07, 6.45) is 7.77. The van der Waals surface area contributed by atoms with Crippen LogP contribution in [0.1, 0.15) is 38.5 Å². The van der Waals surface area contributed by atoms with Crippen LogP contribution in [0.25, 0.3) is 0 Å². The molecule has 0 aromatic heterocycles. The number of alkyl halides is 2. The van der Waals surface area contributed by atoms with Crippen molar-refractivity contribution in [3.63, 3.8) is 0 Å². The highest BCUT2D eigenvalue weighted by Crippen LogP contribution is 2.30. The normalized spacial score (nSPS) is 22.4. The number of halogens is 2. The molecule has 1 rings (SSSR count). The zero-order chi connectivity index (χ0) is 8.10. The molecule has 11 heavy (non-hydrogen) atoms. The highest BCUT2D eigenvalue weighted by atomic mass is 35.5. The van der Waals surface area contributed by atoms with Crippen LogP contribution in [0.5, 0.6) is 0 Å². The second-order valence-electron chi connectivity index (χ2n) is 3.46. The first-order chi connectivity index (χ1) is 5.33. The van der Waals surface area contributed by atoms with Crippen molar-refractivity contribution >= 4 is 23.2 Å². The van der Waals surface area contributed by atoms with E-state index in [1.165, 1.54) is 32.1 Å². The maximum atomic E-state index is 6.08. The summed E-state index contributed by atoms with van der Waals surface area (Å²) in [5, 5.41) is 0.329. The van der Waals surface area contributed by atoms with Crippen LogP contribution in [-0.4, -0.2) is 11.3 Å². The van der Waals surface area contributed by atoms with E-state index in [1.54, 1.807) is 0 Å². The highest BCUT2D eigenvalue weighted by molar-refractivity contribution is 6.22. The quantitative estimate of drug-likeness (QED) is 0.598. The number of hydrogen-bond acceptors (Lipinski definition) is 0. The van der Waals surface area contributed by atoms with Crippen LogP contribution in [0.4, 0.5) is 0 Å². The van der Waals surface area contributed by atoms with Crippen molar-refractivity contribution in [3.8, 4) is 0 Å². The standard InChI is InChI=1S/C9H16Cl2/c10-6-5-9(11)7-8-3-1-2-4-8/h8-9H,1-7H2/t9-/m0/s1. The van der Waals surface area contributed by atoms with E-state index in [1.807, 2.05) is 0 Å². The lowest BCUT2D eigenvalue weighted by Gasteiger charge is -2.12. The molecule has 0 aromatic carbocycles. The maximum absolute atomic E-state index is 6.08. The second kappa shape index (κ2) is 5.27. The lowest BCUT2D eigenvalue weighted by atomic mass is 10.0. The van der Waals surface area contributed by atoms with Gasteiger partial charge in [-0.2, -0.15) is 0 Å². The summed E-state index contributed by atoms with van der Waals surface area (Å²) in [6, 6.07) is 0. The molecule has 0 nitrogen and oxygen atoms in total. The Morgan fingerprint density at radius 2 is 1.91 bits per heavy atom. The van der Waals surface area contributed by atoms with E-state index in [0.29, 0.717) is 11.3 Å². The van der Waals surface area contributed by atoms with Crippen molar-refractivity contribution in [3.05, 3.63) is 0 Å². The second-order valence-corrected chi connectivity index (χ2v) is 4.46. The fraction of sp³-hybridized carbons (Fsp3) is 1.00. The first-order valence-electron chi connectivity index (χ1n) is 4.53. The highest BCUT2D eigenvalue weighted by Gasteiger charge is 2.18. The van der Waals surface area contributed by atoms with Crippen molar-refractivity contribution in [1.29, 1.82) is 0 Å². The molecule has 1 aliphatic carbocycles. The summed E-state index contributed by atoms with van der Waals surface area (Å²) >= 11 is 11.7. The van der Waals surface area contributed by atoms with E-state index in [-0.39, 0.29) is 0 Å². The van der Waals surface area contributed by atoms with Gasteiger partial charge in [-0.3, -0.25) is 0 Å². The molecule has 0 heterocycles. The third-order valence-electron chi connectivity index (χ3n) is 2.49. The van der Waals surface area contributed by atoms with Gasteiger partial charge in [0.15, 0.2) is 0 Å². The van der Waals surface area contributed by atoms with E-state index >= 15 is 0 Å². The molecule has 2 heteroatoms. The first-order valence-corrected chi connectivity index (χ1v) is 5.50. The summed E-state index contributed by atoms with van der Waals surface area (Å²) in [6.45, 7) is 0. The van der Waals surface area contributed by atoms with Crippen LogP contribution in [-0.2, 0) is 0 Å². The van der Waals surface area contributed by atoms with Crippen LogP contribution in [0.3, 0.4) is 0 Å². The zero-order valence-corrected chi connectivity index (χ0v) is 8.37. The Bertz CT molecular complexity index is 97.7. The van der Waals surface area contributed by atoms with E-state index in [0.717, 1.165) is 12.3 Å². The molecule has 0 amide bonds. The molecule has 1 saturated carbocycles. The predicted octanol–water partition coefficient (Wildman–Crippen LogP) is 3.80. The summed E-state index contributed by atoms with van der Waals surface area (Å²) in [7, 11) is 0. The van der Waals surface area contributed by atoms with Gasteiger partial charge < -0.3 is 0 Å². The molecule has 66 valence electrons. The minimum Gasteiger partial charge on any atom is -0.127 e. The molecule has 0 N–H and O–H groups in total. The monoisotopic (exact) mass is 194 g/mol. The summed E-state index contributed by atoms with van der Waals surface area (Å²) < 4.78 is 0. The molecular formula is C9H16Cl2. The van der Waals surface area contributed by atoms with Crippen molar-refractivity contribution in [2.75, 3.05) is 5.88 Å². The Hall–Kier alpha value is 0.580. The molecule has 0 unspecified atom stereocenters. The van der Waals surface area contributed by atoms with Crippen molar-refractivity contribution in [1.82, 2.24) is 0 Å². The number of rotatable bonds is 4. The summed E-state index contributed by atoms with van der Waals surface area (Å²) in [5.74, 6) is 1.61. The smallest absolute Gasteiger partial charge is 0.0350 e. The lowest BCUT2D eigenvalue weighted by molar-refractivity contribution is 0.485. The van der Waals surface area contributed by atoms with Crippen molar-refractivity contribution in [2.45, 2.75) is 43.9 Å². The Labute approximate surface area is 79.3 Å². The third-order valence-corrected chi connectivity index (χ3v) is 3.10. The minimum absolute atomic E-state index is 0.329. The molecule has 1 fully saturated rings. The van der Waals surface area contributed by atoms with Crippen molar-refractivity contribution < 1.29 is 0 Å². The molecule has 0 bridgehead atoms. The maximum Gasteiger partial charge on any atom is 0.0350 e. The SMILES string of the molecule is ClCC[C@H](Cl)CC1CCCC1. The first kappa shape index (κ1) is 9.67. The van der Waals surface area contributed by atoms with Gasteiger partial charge in [0.1, 0.15) is 0 Å². The number of hydrogen-bond donors (Lipinski definition) is 0. The van der Waals surface area contributed by atoms with E-state index in [2.05, 4.69) is 0 Å². The van der Waals surface area contributed by atoms with Gasteiger partial charge in [-0.1, -0.05) is 25.7 Å². The predicted molar refractivity (Wildman–Crippen MR) is 51.6 cm³/mol. The van der Waals surface area contributed by atoms with Gasteiger partial charge in [0, 0.05) is 11.3 Å². The van der Waals surface area contributed by atoms with Gasteiger partial charge in [-0.15, -0.1) is 23.2 Å². The third kappa shape index (κ3) is 3.66. The van der Waals surface area contributed by atoms with Gasteiger partial charge in [-0.25, -0.2) is 0 Å². The van der Waals surface area contributed by atoms with E-state index in [9.17, 15) is 0 Å². The molecular weight excluding hydrogens is 179 g/mol. The van der Waals surface area contributed by atoms with E-state index in [4.69, 9.17) is 23.2 Å². The van der Waals surface area contributed by atoms with Gasteiger partial charge in [0.25, 0.3) is 0 Å². The molecule has 0 spiro atoms. The topological polar surface area (TPSA) is 0 Å². The zero-order valence-electron chi connectivity index (χ0n) is 6.86. The molecule has 0 aromatic rings. The molecule has 1 atom stereocenters. The van der Waals surface area contributed by atoms with Gasteiger partial charge >= 0.3 is 0 Å². The fourth-order valence-corrected chi connectivity index (χ4v) is 2.58. The fourth-order valence-electron chi connectivity index (χ4n) is 1.84. The largest absolute Gasteiger partial charge is 0.127 e. The van der Waals surface area contributed by atoms with Gasteiger partial charge in [-0.05, 0) is 18.8 Å². The minimum atomic E-state index is 0.329. The average Bonchev–Trinajstić information content (AvgIpc) is 2.40. The van der Waals surface area contributed by atoms with Crippen LogP contribution >= 0.6 is 23.2 Å². The molecule has 0 saturated heterocycles. The van der Waals surface area contributed by atoms with Crippen LogP contribution < -0.4 is 0 Å². The van der Waals surface area contributed by atoms with Gasteiger partial charge in [0.05, 0.1) is 0 Å². The lowest BCUT2D eigenvalue weighted by Crippen LogP contribution is -2.06. The summed E-state index contributed by atoms with van der Waals surface area (Å²) in [4.78, 5) is 0. The van der Waals surface area contributed by atoms with Crippen molar-refractivity contribution in [2.24, 2.45) is 5.92 Å². The average molecular weight is 195 g/mol.